The molecule has 0 radical (unpaired) electrons. The molecule has 2 amide bonds. The van der Waals surface area contributed by atoms with Crippen molar-refractivity contribution in [3.05, 3.63) is 167 Å². The second kappa shape index (κ2) is 17.1. The van der Waals surface area contributed by atoms with Crippen molar-refractivity contribution in [3.63, 3.8) is 0 Å². The molecule has 0 aliphatic rings. The molecule has 284 valence electrons. The Hall–Kier alpha value is -6.82. The lowest BCUT2D eigenvalue weighted by Gasteiger charge is -2.17. The van der Waals surface area contributed by atoms with Gasteiger partial charge in [-0.05, 0) is 74.2 Å². The van der Waals surface area contributed by atoms with E-state index in [1.165, 1.54) is 0 Å². The van der Waals surface area contributed by atoms with Gasteiger partial charge in [-0.1, -0.05) is 84.8 Å². The number of imidazole rings is 2. The predicted molar refractivity (Wildman–Crippen MR) is 214 cm³/mol. The molecule has 2 N–H and O–H groups in total. The summed E-state index contributed by atoms with van der Waals surface area (Å²) in [5.41, 5.74) is 8.54. The Kier molecular flexibility index (Phi) is 11.5. The quantitative estimate of drug-likeness (QED) is 0.126. The van der Waals surface area contributed by atoms with E-state index >= 15 is 0 Å². The molecule has 8 aromatic rings. The molecule has 56 heavy (non-hydrogen) atoms. The molecule has 0 bridgehead atoms. The third-order valence-corrected chi connectivity index (χ3v) is 9.62. The van der Waals surface area contributed by atoms with Gasteiger partial charge in [0.05, 0.1) is 59.9 Å². The molecule has 12 nitrogen and oxygen atoms in total. The Bertz CT molecular complexity index is 2550. The number of aromatic nitrogens is 6. The molecule has 0 fully saturated rings. The van der Waals surface area contributed by atoms with E-state index in [9.17, 15) is 9.59 Å². The summed E-state index contributed by atoms with van der Waals surface area (Å²) in [7, 11) is 0. The average Bonchev–Trinajstić information content (AvgIpc) is 4.04. The molecule has 8 rings (SSSR count). The van der Waals surface area contributed by atoms with Crippen LogP contribution in [0.1, 0.15) is 93.5 Å². The minimum absolute atomic E-state index is 0.0163. The minimum atomic E-state index is -0.0979. The van der Waals surface area contributed by atoms with Crippen LogP contribution in [0.4, 0.5) is 0 Å². The van der Waals surface area contributed by atoms with Crippen molar-refractivity contribution in [2.75, 3.05) is 0 Å². The van der Waals surface area contributed by atoms with Crippen LogP contribution in [-0.4, -0.2) is 41.2 Å². The molecule has 0 aliphatic heterocycles. The van der Waals surface area contributed by atoms with E-state index in [4.69, 9.17) is 9.05 Å². The van der Waals surface area contributed by atoms with Crippen LogP contribution in [0.3, 0.4) is 0 Å². The lowest BCUT2D eigenvalue weighted by Crippen LogP contribution is -2.28. The lowest BCUT2D eigenvalue weighted by atomic mass is 10.0. The first-order valence-electron chi connectivity index (χ1n) is 18.7. The zero-order valence-corrected chi connectivity index (χ0v) is 31.8. The van der Waals surface area contributed by atoms with E-state index in [2.05, 4.69) is 44.8 Å². The Morgan fingerprint density at radius 2 is 1.07 bits per heavy atom. The standard InChI is InChI=1S/2C22H22N4O2/c1-3-19(16-7-5-4-6-8-16)24-22(27)17-9-10-21-20(12-17)23-14-26(21)13-18-11-15(2)28-25-18;1-3-19(16-7-5-4-6-8-16)24-22(27)17-9-10-20-21(12-17)26(14-23-20)13-18-11-15(2)28-25-18/h2*4-12,14,19H,3,13H2,1-2H3,(H,24,27). The summed E-state index contributed by atoms with van der Waals surface area (Å²) in [6.45, 7) is 8.98. The van der Waals surface area contributed by atoms with Crippen LogP contribution in [-0.2, 0) is 13.1 Å². The molecule has 0 aliphatic carbocycles. The number of aryl methyl sites for hydroxylation is 2. The van der Waals surface area contributed by atoms with Gasteiger partial charge in [-0.2, -0.15) is 0 Å². The van der Waals surface area contributed by atoms with E-state index in [-0.39, 0.29) is 23.9 Å². The summed E-state index contributed by atoms with van der Waals surface area (Å²) in [4.78, 5) is 34.5. The number of carbonyl (C=O) groups excluding carboxylic acids is 2. The second-order valence-corrected chi connectivity index (χ2v) is 13.7. The maximum absolute atomic E-state index is 12.9. The molecule has 4 aromatic heterocycles. The molecule has 2 unspecified atom stereocenters. The normalized spacial score (nSPS) is 12.2. The number of nitrogens with zero attached hydrogens (tertiary/aromatic N) is 6. The zero-order valence-electron chi connectivity index (χ0n) is 31.8. The number of benzene rings is 4. The fraction of sp³-hybridized carbons (Fsp3) is 0.227. The van der Waals surface area contributed by atoms with Crippen LogP contribution in [0.5, 0.6) is 0 Å². The van der Waals surface area contributed by atoms with Crippen molar-refractivity contribution < 1.29 is 18.6 Å². The number of hydrogen-bond donors (Lipinski definition) is 2. The van der Waals surface area contributed by atoms with E-state index in [1.807, 2.05) is 132 Å². The van der Waals surface area contributed by atoms with Crippen LogP contribution in [0, 0.1) is 13.8 Å². The number of fused-ring (bicyclic) bond motifs is 2. The Morgan fingerprint density at radius 3 is 1.57 bits per heavy atom. The second-order valence-electron chi connectivity index (χ2n) is 13.7. The van der Waals surface area contributed by atoms with Crippen molar-refractivity contribution in [1.29, 1.82) is 0 Å². The van der Waals surface area contributed by atoms with Crippen molar-refractivity contribution >= 4 is 33.9 Å². The van der Waals surface area contributed by atoms with Crippen LogP contribution >= 0.6 is 0 Å². The highest BCUT2D eigenvalue weighted by Crippen LogP contribution is 2.22. The molecular weight excluding hydrogens is 705 g/mol. The molecule has 4 heterocycles. The maximum Gasteiger partial charge on any atom is 0.251 e. The van der Waals surface area contributed by atoms with Gasteiger partial charge in [0.1, 0.15) is 22.9 Å². The molecule has 0 saturated heterocycles. The third kappa shape index (κ3) is 8.76. The summed E-state index contributed by atoms with van der Waals surface area (Å²) in [6.07, 6.45) is 5.16. The summed E-state index contributed by atoms with van der Waals surface area (Å²) in [6, 6.07) is 34.9. The van der Waals surface area contributed by atoms with E-state index in [0.29, 0.717) is 24.2 Å². The van der Waals surface area contributed by atoms with Gasteiger partial charge in [0, 0.05) is 23.3 Å². The van der Waals surface area contributed by atoms with Crippen LogP contribution in [0.15, 0.2) is 131 Å². The highest BCUT2D eigenvalue weighted by molar-refractivity contribution is 5.98. The van der Waals surface area contributed by atoms with Gasteiger partial charge in [-0.15, -0.1) is 0 Å². The van der Waals surface area contributed by atoms with Crippen LogP contribution < -0.4 is 10.6 Å². The van der Waals surface area contributed by atoms with Gasteiger partial charge < -0.3 is 28.8 Å². The predicted octanol–water partition coefficient (Wildman–Crippen LogP) is 8.52. The number of nitrogens with one attached hydrogen (secondary N) is 2. The zero-order chi connectivity index (χ0) is 39.0. The van der Waals surface area contributed by atoms with Crippen molar-refractivity contribution in [2.24, 2.45) is 0 Å². The smallest absolute Gasteiger partial charge is 0.251 e. The summed E-state index contributed by atoms with van der Waals surface area (Å²) in [5.74, 6) is 1.36. The largest absolute Gasteiger partial charge is 0.361 e. The van der Waals surface area contributed by atoms with Crippen molar-refractivity contribution in [2.45, 2.75) is 65.7 Å². The topological polar surface area (TPSA) is 146 Å². The summed E-state index contributed by atoms with van der Waals surface area (Å²) in [5, 5.41) is 14.3. The van der Waals surface area contributed by atoms with Crippen molar-refractivity contribution in [1.82, 2.24) is 40.0 Å². The van der Waals surface area contributed by atoms with Gasteiger partial charge in [-0.25, -0.2) is 9.97 Å². The average molecular weight is 749 g/mol. The van der Waals surface area contributed by atoms with E-state index < -0.39 is 0 Å². The van der Waals surface area contributed by atoms with Gasteiger partial charge in [0.25, 0.3) is 11.8 Å². The third-order valence-electron chi connectivity index (χ3n) is 9.62. The molecule has 12 heteroatoms. The van der Waals surface area contributed by atoms with Crippen LogP contribution in [0.25, 0.3) is 22.1 Å². The first-order chi connectivity index (χ1) is 27.3. The van der Waals surface area contributed by atoms with Crippen LogP contribution in [0.2, 0.25) is 0 Å². The minimum Gasteiger partial charge on any atom is -0.361 e. The molecule has 0 saturated carbocycles. The molecule has 4 aromatic carbocycles. The van der Waals surface area contributed by atoms with E-state index in [1.54, 1.807) is 12.7 Å². The molecule has 2 atom stereocenters. The Balaban J connectivity index is 0.000000172. The Labute approximate surface area is 324 Å². The number of amides is 2. The lowest BCUT2D eigenvalue weighted by molar-refractivity contribution is 0.0927. The summed E-state index contributed by atoms with van der Waals surface area (Å²) >= 11 is 0. The van der Waals surface area contributed by atoms with Gasteiger partial charge in [0.15, 0.2) is 0 Å². The first kappa shape index (κ1) is 37.5. The van der Waals surface area contributed by atoms with Gasteiger partial charge in [-0.3, -0.25) is 9.59 Å². The van der Waals surface area contributed by atoms with Gasteiger partial charge in [0.2, 0.25) is 0 Å². The molecule has 0 spiro atoms. The maximum atomic E-state index is 12.9. The fourth-order valence-electron chi connectivity index (χ4n) is 6.69. The summed E-state index contributed by atoms with van der Waals surface area (Å²) < 4.78 is 14.2. The fourth-order valence-corrected chi connectivity index (χ4v) is 6.69. The SMILES string of the molecule is CCC(NC(=O)c1ccc2c(c1)ncn2Cc1cc(C)on1)c1ccccc1.CCC(NC(=O)c1ccc2ncn(Cc3cc(C)on3)c2c1)c1ccccc1. The highest BCUT2D eigenvalue weighted by Gasteiger charge is 2.17. The first-order valence-corrected chi connectivity index (χ1v) is 18.7. The Morgan fingerprint density at radius 1 is 0.589 bits per heavy atom. The number of rotatable bonds is 12. The number of carbonyl (C=O) groups is 2. The van der Waals surface area contributed by atoms with Gasteiger partial charge >= 0.3 is 0 Å². The van der Waals surface area contributed by atoms with E-state index in [0.717, 1.165) is 68.9 Å². The van der Waals surface area contributed by atoms with Crippen molar-refractivity contribution in [3.8, 4) is 0 Å². The highest BCUT2D eigenvalue weighted by atomic mass is 16.5. The number of hydrogen-bond acceptors (Lipinski definition) is 8. The molecular formula is C44H44N8O4. The monoisotopic (exact) mass is 748 g/mol.